The molecule has 0 saturated carbocycles. The molecular formula is C13H17N3O2. The molecule has 1 aliphatic heterocycles. The molecule has 0 amide bonds. The summed E-state index contributed by atoms with van der Waals surface area (Å²) in [4.78, 5) is 0. The minimum Gasteiger partial charge on any atom is -0.399 e. The Kier molecular flexibility index (Phi) is 3.41. The number of benzene rings is 1. The summed E-state index contributed by atoms with van der Waals surface area (Å²) in [6, 6.07) is 7.16. The van der Waals surface area contributed by atoms with Gasteiger partial charge in [-0.05, 0) is 25.1 Å². The monoisotopic (exact) mass is 247 g/mol. The summed E-state index contributed by atoms with van der Waals surface area (Å²) in [6.07, 6.45) is 0.391. The van der Waals surface area contributed by atoms with Gasteiger partial charge in [0.1, 0.15) is 11.7 Å². The van der Waals surface area contributed by atoms with Crippen LogP contribution in [0.3, 0.4) is 0 Å². The van der Waals surface area contributed by atoms with Crippen LogP contribution in [0.1, 0.15) is 18.9 Å². The summed E-state index contributed by atoms with van der Waals surface area (Å²) in [5.74, 6) is 0. The third-order valence-corrected chi connectivity index (χ3v) is 3.41. The van der Waals surface area contributed by atoms with Crippen molar-refractivity contribution in [3.63, 3.8) is 0 Å². The van der Waals surface area contributed by atoms with Crippen LogP contribution in [0.15, 0.2) is 18.2 Å². The van der Waals surface area contributed by atoms with E-state index in [1.165, 1.54) is 0 Å². The molecule has 0 aromatic heterocycles. The van der Waals surface area contributed by atoms with E-state index in [2.05, 4.69) is 11.4 Å². The topological polar surface area (TPSA) is 91.3 Å². The van der Waals surface area contributed by atoms with Crippen LogP contribution in [0.5, 0.6) is 0 Å². The van der Waals surface area contributed by atoms with Gasteiger partial charge in [-0.2, -0.15) is 5.26 Å². The van der Waals surface area contributed by atoms with Crippen LogP contribution in [0.2, 0.25) is 0 Å². The van der Waals surface area contributed by atoms with Crippen LogP contribution >= 0.6 is 0 Å². The molecule has 5 nitrogen and oxygen atoms in total. The second-order valence-electron chi connectivity index (χ2n) is 4.64. The number of anilines is 2. The first-order chi connectivity index (χ1) is 8.55. The standard InChI is InChI=1S/C13H17N3O2/c1-9-13(17,4-5-18-9)8-16-12-3-2-11(15)6-10(12)7-14/h2-3,6,9,16-17H,4-5,8,15H2,1H3. The number of rotatable bonds is 3. The first-order valence-corrected chi connectivity index (χ1v) is 5.92. The predicted molar refractivity (Wildman–Crippen MR) is 69.0 cm³/mol. The van der Waals surface area contributed by atoms with E-state index >= 15 is 0 Å². The summed E-state index contributed by atoms with van der Waals surface area (Å²) in [5.41, 5.74) is 6.45. The zero-order valence-electron chi connectivity index (χ0n) is 10.3. The molecule has 2 atom stereocenters. The van der Waals surface area contributed by atoms with E-state index < -0.39 is 5.60 Å². The number of nitriles is 1. The summed E-state index contributed by atoms with van der Waals surface area (Å²) in [6.45, 7) is 2.77. The fourth-order valence-corrected chi connectivity index (χ4v) is 2.06. The third-order valence-electron chi connectivity index (χ3n) is 3.41. The lowest BCUT2D eigenvalue weighted by Crippen LogP contribution is -2.43. The second-order valence-corrected chi connectivity index (χ2v) is 4.64. The Morgan fingerprint density at radius 3 is 3.06 bits per heavy atom. The Bertz CT molecular complexity index is 484. The molecule has 0 spiro atoms. The molecule has 18 heavy (non-hydrogen) atoms. The first-order valence-electron chi connectivity index (χ1n) is 5.92. The van der Waals surface area contributed by atoms with Gasteiger partial charge in [0.25, 0.3) is 0 Å². The highest BCUT2D eigenvalue weighted by Crippen LogP contribution is 2.27. The van der Waals surface area contributed by atoms with Crippen molar-refractivity contribution in [2.24, 2.45) is 0 Å². The van der Waals surface area contributed by atoms with Crippen molar-refractivity contribution in [2.75, 3.05) is 24.2 Å². The van der Waals surface area contributed by atoms with Crippen molar-refractivity contribution in [2.45, 2.75) is 25.0 Å². The second kappa shape index (κ2) is 4.84. The van der Waals surface area contributed by atoms with Crippen LogP contribution in [0, 0.1) is 11.3 Å². The van der Waals surface area contributed by atoms with Crippen molar-refractivity contribution < 1.29 is 9.84 Å². The lowest BCUT2D eigenvalue weighted by Gasteiger charge is -2.26. The van der Waals surface area contributed by atoms with Crippen LogP contribution < -0.4 is 11.1 Å². The van der Waals surface area contributed by atoms with E-state index in [1.807, 2.05) is 6.92 Å². The maximum Gasteiger partial charge on any atom is 0.110 e. The van der Waals surface area contributed by atoms with Gasteiger partial charge in [0.2, 0.25) is 0 Å². The molecule has 4 N–H and O–H groups in total. The largest absolute Gasteiger partial charge is 0.399 e. The lowest BCUT2D eigenvalue weighted by atomic mass is 9.96. The van der Waals surface area contributed by atoms with E-state index in [0.29, 0.717) is 36.5 Å². The minimum atomic E-state index is -0.881. The molecule has 1 saturated heterocycles. The van der Waals surface area contributed by atoms with Gasteiger partial charge < -0.3 is 20.9 Å². The molecule has 1 aromatic carbocycles. The van der Waals surface area contributed by atoms with E-state index in [9.17, 15) is 5.11 Å². The number of nitrogen functional groups attached to an aromatic ring is 1. The maximum absolute atomic E-state index is 10.3. The Morgan fingerprint density at radius 2 is 2.44 bits per heavy atom. The van der Waals surface area contributed by atoms with Crippen molar-refractivity contribution in [1.82, 2.24) is 0 Å². The molecule has 0 aliphatic carbocycles. The molecule has 0 bridgehead atoms. The van der Waals surface area contributed by atoms with Gasteiger partial charge in [0.15, 0.2) is 0 Å². The van der Waals surface area contributed by atoms with Gasteiger partial charge >= 0.3 is 0 Å². The SMILES string of the molecule is CC1OCCC1(O)CNc1ccc(N)cc1C#N. The lowest BCUT2D eigenvalue weighted by molar-refractivity contribution is -0.0175. The summed E-state index contributed by atoms with van der Waals surface area (Å²) < 4.78 is 5.36. The van der Waals surface area contributed by atoms with Crippen LogP contribution in [0.4, 0.5) is 11.4 Å². The van der Waals surface area contributed by atoms with E-state index in [4.69, 9.17) is 15.7 Å². The summed E-state index contributed by atoms with van der Waals surface area (Å²) in [5, 5.41) is 22.5. The Balaban J connectivity index is 2.09. The zero-order valence-corrected chi connectivity index (χ0v) is 10.3. The number of nitrogens with one attached hydrogen (secondary N) is 1. The van der Waals surface area contributed by atoms with Gasteiger partial charge in [0.05, 0.1) is 17.4 Å². The Hall–Kier alpha value is -1.77. The third kappa shape index (κ3) is 2.40. The highest BCUT2D eigenvalue weighted by Gasteiger charge is 2.39. The number of nitrogens with zero attached hydrogens (tertiary/aromatic N) is 1. The Labute approximate surface area is 106 Å². The number of nitrogens with two attached hydrogens (primary N) is 1. The molecule has 1 aliphatic rings. The van der Waals surface area contributed by atoms with Crippen molar-refractivity contribution in [3.05, 3.63) is 23.8 Å². The van der Waals surface area contributed by atoms with E-state index in [-0.39, 0.29) is 6.10 Å². The molecule has 2 unspecified atom stereocenters. The number of aliphatic hydroxyl groups is 1. The van der Waals surface area contributed by atoms with E-state index in [1.54, 1.807) is 18.2 Å². The normalized spacial score (nSPS) is 26.8. The minimum absolute atomic E-state index is 0.204. The molecule has 2 rings (SSSR count). The van der Waals surface area contributed by atoms with Gasteiger partial charge in [-0.1, -0.05) is 0 Å². The number of hydrogen-bond donors (Lipinski definition) is 3. The highest BCUT2D eigenvalue weighted by atomic mass is 16.5. The zero-order chi connectivity index (χ0) is 13.2. The summed E-state index contributed by atoms with van der Waals surface area (Å²) in [7, 11) is 0. The molecule has 0 radical (unpaired) electrons. The van der Waals surface area contributed by atoms with Crippen molar-refractivity contribution in [1.29, 1.82) is 5.26 Å². The highest BCUT2D eigenvalue weighted by molar-refractivity contribution is 5.63. The Morgan fingerprint density at radius 1 is 1.67 bits per heavy atom. The quantitative estimate of drug-likeness (QED) is 0.695. The van der Waals surface area contributed by atoms with Crippen molar-refractivity contribution >= 4 is 11.4 Å². The molecule has 5 heteroatoms. The molecule has 1 fully saturated rings. The predicted octanol–water partition coefficient (Wildman–Crippen LogP) is 1.09. The van der Waals surface area contributed by atoms with Crippen LogP contribution in [-0.2, 0) is 4.74 Å². The average Bonchev–Trinajstić information content (AvgIpc) is 2.68. The average molecular weight is 247 g/mol. The number of hydrogen-bond acceptors (Lipinski definition) is 5. The van der Waals surface area contributed by atoms with Gasteiger partial charge in [-0.15, -0.1) is 0 Å². The smallest absolute Gasteiger partial charge is 0.110 e. The molecule has 96 valence electrons. The van der Waals surface area contributed by atoms with Gasteiger partial charge in [0, 0.05) is 25.3 Å². The fraction of sp³-hybridized carbons (Fsp3) is 0.462. The van der Waals surface area contributed by atoms with Crippen molar-refractivity contribution in [3.8, 4) is 6.07 Å². The molecule has 1 heterocycles. The fourth-order valence-electron chi connectivity index (χ4n) is 2.06. The number of ether oxygens (including phenoxy) is 1. The van der Waals surface area contributed by atoms with Gasteiger partial charge in [-0.25, -0.2) is 0 Å². The molecular weight excluding hydrogens is 230 g/mol. The summed E-state index contributed by atoms with van der Waals surface area (Å²) >= 11 is 0. The molecule has 1 aromatic rings. The van der Waals surface area contributed by atoms with E-state index in [0.717, 1.165) is 0 Å². The first kappa shape index (κ1) is 12.7. The van der Waals surface area contributed by atoms with Crippen LogP contribution in [-0.4, -0.2) is 30.0 Å². The van der Waals surface area contributed by atoms with Crippen LogP contribution in [0.25, 0.3) is 0 Å². The maximum atomic E-state index is 10.3. The van der Waals surface area contributed by atoms with Gasteiger partial charge in [-0.3, -0.25) is 0 Å².